The van der Waals surface area contributed by atoms with Crippen LogP contribution in [-0.2, 0) is 6.54 Å². The average molecular weight is 315 g/mol. The van der Waals surface area contributed by atoms with Gasteiger partial charge in [-0.3, -0.25) is 5.10 Å². The molecule has 20 heavy (non-hydrogen) atoms. The second-order valence-electron chi connectivity index (χ2n) is 4.90. The predicted octanol–water partition coefficient (Wildman–Crippen LogP) is 1.23. The van der Waals surface area contributed by atoms with Gasteiger partial charge in [-0.15, -0.1) is 12.4 Å². The Bertz CT molecular complexity index is 516. The van der Waals surface area contributed by atoms with Crippen LogP contribution in [0, 0.1) is 5.92 Å². The SMILES string of the molecule is Cl.OC1CNCC1CNCc1cn[nH]c1-c1ccsc1. The van der Waals surface area contributed by atoms with Crippen molar-refractivity contribution in [2.24, 2.45) is 5.92 Å². The Labute approximate surface area is 128 Å². The van der Waals surface area contributed by atoms with E-state index in [1.165, 1.54) is 11.1 Å². The van der Waals surface area contributed by atoms with Crippen molar-refractivity contribution in [3.8, 4) is 11.3 Å². The smallest absolute Gasteiger partial charge is 0.0716 e. The van der Waals surface area contributed by atoms with E-state index in [0.717, 1.165) is 25.3 Å². The highest BCUT2D eigenvalue weighted by Crippen LogP contribution is 2.23. The van der Waals surface area contributed by atoms with E-state index in [9.17, 15) is 5.11 Å². The number of aromatic nitrogens is 2. The summed E-state index contributed by atoms with van der Waals surface area (Å²) in [6, 6.07) is 2.09. The maximum Gasteiger partial charge on any atom is 0.0716 e. The van der Waals surface area contributed by atoms with Crippen LogP contribution in [0.25, 0.3) is 11.3 Å². The average Bonchev–Trinajstić information content (AvgIpc) is 3.11. The number of β-amino-alcohol motifs (C(OH)–C–C–N with tert-alkyl or cyclic N) is 1. The minimum atomic E-state index is -0.229. The summed E-state index contributed by atoms with van der Waals surface area (Å²) in [4.78, 5) is 0. The van der Waals surface area contributed by atoms with Crippen LogP contribution in [0.1, 0.15) is 5.56 Å². The van der Waals surface area contributed by atoms with Gasteiger partial charge in [0.15, 0.2) is 0 Å². The van der Waals surface area contributed by atoms with Gasteiger partial charge in [-0.05, 0) is 11.4 Å². The van der Waals surface area contributed by atoms with Crippen LogP contribution in [0.3, 0.4) is 0 Å². The Morgan fingerprint density at radius 3 is 3.05 bits per heavy atom. The first-order valence-electron chi connectivity index (χ1n) is 6.49. The monoisotopic (exact) mass is 314 g/mol. The summed E-state index contributed by atoms with van der Waals surface area (Å²) in [7, 11) is 0. The molecule has 7 heteroatoms. The molecule has 2 unspecified atom stereocenters. The molecule has 0 saturated carbocycles. The van der Waals surface area contributed by atoms with Crippen LogP contribution in [0.15, 0.2) is 23.0 Å². The van der Waals surface area contributed by atoms with Crippen molar-refractivity contribution >= 4 is 23.7 Å². The van der Waals surface area contributed by atoms with Crippen molar-refractivity contribution in [3.05, 3.63) is 28.6 Å². The Hall–Kier alpha value is -0.920. The van der Waals surface area contributed by atoms with Gasteiger partial charge in [0.25, 0.3) is 0 Å². The van der Waals surface area contributed by atoms with Gasteiger partial charge >= 0.3 is 0 Å². The molecular weight excluding hydrogens is 296 g/mol. The van der Waals surface area contributed by atoms with E-state index in [1.54, 1.807) is 11.3 Å². The van der Waals surface area contributed by atoms with Crippen molar-refractivity contribution in [2.75, 3.05) is 19.6 Å². The highest BCUT2D eigenvalue weighted by Gasteiger charge is 2.24. The highest BCUT2D eigenvalue weighted by atomic mass is 35.5. The standard InChI is InChI=1S/C13H18N4OS.ClH/c18-12-7-15-4-10(12)3-14-5-11-6-16-17-13(11)9-1-2-19-8-9;/h1-2,6,8,10,12,14-15,18H,3-5,7H2,(H,16,17);1H. The highest BCUT2D eigenvalue weighted by molar-refractivity contribution is 7.08. The van der Waals surface area contributed by atoms with Crippen LogP contribution >= 0.6 is 23.7 Å². The summed E-state index contributed by atoms with van der Waals surface area (Å²) >= 11 is 1.68. The molecule has 2 aromatic rings. The zero-order valence-corrected chi connectivity index (χ0v) is 12.6. The van der Waals surface area contributed by atoms with E-state index >= 15 is 0 Å². The van der Waals surface area contributed by atoms with Crippen molar-refractivity contribution in [1.82, 2.24) is 20.8 Å². The number of aliphatic hydroxyl groups excluding tert-OH is 1. The maximum atomic E-state index is 9.73. The summed E-state index contributed by atoms with van der Waals surface area (Å²) in [5.74, 6) is 0.302. The van der Waals surface area contributed by atoms with Gasteiger partial charge in [0.2, 0.25) is 0 Å². The summed E-state index contributed by atoms with van der Waals surface area (Å²) in [5, 5.41) is 27.7. The second kappa shape index (κ2) is 7.19. The number of nitrogens with zero attached hydrogens (tertiary/aromatic N) is 1. The van der Waals surface area contributed by atoms with E-state index in [0.29, 0.717) is 12.5 Å². The molecular formula is C13H19ClN4OS. The lowest BCUT2D eigenvalue weighted by Crippen LogP contribution is -2.30. The van der Waals surface area contributed by atoms with Gasteiger partial charge in [0.1, 0.15) is 0 Å². The normalized spacial score (nSPS) is 21.9. The molecule has 110 valence electrons. The third-order valence-electron chi connectivity index (χ3n) is 3.55. The third kappa shape index (κ3) is 3.39. The minimum absolute atomic E-state index is 0. The van der Waals surface area contributed by atoms with Crippen molar-refractivity contribution in [3.63, 3.8) is 0 Å². The van der Waals surface area contributed by atoms with Crippen LogP contribution in [0.5, 0.6) is 0 Å². The second-order valence-corrected chi connectivity index (χ2v) is 5.68. The molecule has 0 aromatic carbocycles. The molecule has 0 spiro atoms. The zero-order chi connectivity index (χ0) is 13.1. The molecule has 3 heterocycles. The number of hydrogen-bond acceptors (Lipinski definition) is 5. The summed E-state index contributed by atoms with van der Waals surface area (Å²) in [6.07, 6.45) is 1.64. The number of aromatic amines is 1. The van der Waals surface area contributed by atoms with Gasteiger partial charge in [-0.25, -0.2) is 0 Å². The Kier molecular flexibility index (Phi) is 5.56. The number of halogens is 1. The molecule has 2 atom stereocenters. The summed E-state index contributed by atoms with van der Waals surface area (Å²) < 4.78 is 0. The van der Waals surface area contributed by atoms with Gasteiger partial charge in [0.05, 0.1) is 18.0 Å². The Morgan fingerprint density at radius 2 is 2.35 bits per heavy atom. The summed E-state index contributed by atoms with van der Waals surface area (Å²) in [6.45, 7) is 3.18. The fraction of sp³-hybridized carbons (Fsp3) is 0.462. The van der Waals surface area contributed by atoms with Crippen LogP contribution < -0.4 is 10.6 Å². The van der Waals surface area contributed by atoms with Gasteiger partial charge in [-0.1, -0.05) is 0 Å². The first-order chi connectivity index (χ1) is 9.34. The molecule has 0 amide bonds. The Balaban J connectivity index is 0.00000147. The van der Waals surface area contributed by atoms with Crippen LogP contribution in [0.2, 0.25) is 0 Å². The lowest BCUT2D eigenvalue weighted by atomic mass is 10.1. The van der Waals surface area contributed by atoms with Gasteiger partial charge < -0.3 is 15.7 Å². The maximum absolute atomic E-state index is 9.73. The lowest BCUT2D eigenvalue weighted by Gasteiger charge is -2.13. The van der Waals surface area contributed by atoms with Crippen molar-refractivity contribution < 1.29 is 5.11 Å². The van der Waals surface area contributed by atoms with Crippen LogP contribution in [0.4, 0.5) is 0 Å². The molecule has 1 aliphatic rings. The lowest BCUT2D eigenvalue weighted by molar-refractivity contribution is 0.146. The quantitative estimate of drug-likeness (QED) is 0.670. The van der Waals surface area contributed by atoms with Crippen molar-refractivity contribution in [1.29, 1.82) is 0 Å². The first-order valence-corrected chi connectivity index (χ1v) is 7.43. The largest absolute Gasteiger partial charge is 0.391 e. The molecule has 0 radical (unpaired) electrons. The molecule has 0 aliphatic carbocycles. The van der Waals surface area contributed by atoms with E-state index in [1.807, 2.05) is 6.20 Å². The molecule has 1 fully saturated rings. The number of aliphatic hydroxyl groups is 1. The molecule has 1 saturated heterocycles. The van der Waals surface area contributed by atoms with E-state index in [4.69, 9.17) is 0 Å². The zero-order valence-electron chi connectivity index (χ0n) is 11.0. The Morgan fingerprint density at radius 1 is 1.45 bits per heavy atom. The molecule has 2 aromatic heterocycles. The van der Waals surface area contributed by atoms with Gasteiger partial charge in [-0.2, -0.15) is 16.4 Å². The third-order valence-corrected chi connectivity index (χ3v) is 4.24. The predicted molar refractivity (Wildman–Crippen MR) is 83.2 cm³/mol. The van der Waals surface area contributed by atoms with Gasteiger partial charge in [0, 0.05) is 48.6 Å². The fourth-order valence-electron chi connectivity index (χ4n) is 2.42. The van der Waals surface area contributed by atoms with Crippen LogP contribution in [-0.4, -0.2) is 41.0 Å². The fourth-order valence-corrected chi connectivity index (χ4v) is 3.07. The van der Waals surface area contributed by atoms with E-state index in [-0.39, 0.29) is 18.5 Å². The number of H-pyrrole nitrogens is 1. The number of rotatable bonds is 5. The number of nitrogens with one attached hydrogen (secondary N) is 3. The number of thiophene rings is 1. The topological polar surface area (TPSA) is 73.0 Å². The molecule has 3 rings (SSSR count). The molecule has 0 bridgehead atoms. The number of hydrogen-bond donors (Lipinski definition) is 4. The van der Waals surface area contributed by atoms with E-state index in [2.05, 4.69) is 37.7 Å². The molecule has 1 aliphatic heterocycles. The molecule has 4 N–H and O–H groups in total. The molecule has 5 nitrogen and oxygen atoms in total. The van der Waals surface area contributed by atoms with E-state index < -0.39 is 0 Å². The first kappa shape index (κ1) is 15.5. The summed E-state index contributed by atoms with van der Waals surface area (Å²) in [5.41, 5.74) is 3.43. The minimum Gasteiger partial charge on any atom is -0.391 e. The van der Waals surface area contributed by atoms with Crippen molar-refractivity contribution in [2.45, 2.75) is 12.6 Å².